The highest BCUT2D eigenvalue weighted by Crippen LogP contribution is 2.35. The standard InChI is InChI=1S/C14H18ClF2NO3/c1-13(2,3)21-12(20)18-11-8-9(4-5-10(11)15)14(16,17)6-7-19/h4-5,8,19H,6-7H2,1-3H3,(H,18,20). The van der Waals surface area contributed by atoms with E-state index in [4.69, 9.17) is 21.4 Å². The van der Waals surface area contributed by atoms with Crippen LogP contribution in [0.15, 0.2) is 18.2 Å². The number of anilines is 1. The predicted octanol–water partition coefficient (Wildman–Crippen LogP) is 4.16. The van der Waals surface area contributed by atoms with Gasteiger partial charge in [-0.05, 0) is 32.9 Å². The van der Waals surface area contributed by atoms with E-state index in [1.807, 2.05) is 0 Å². The van der Waals surface area contributed by atoms with E-state index in [1.165, 1.54) is 6.07 Å². The summed E-state index contributed by atoms with van der Waals surface area (Å²) in [5.74, 6) is -3.20. The monoisotopic (exact) mass is 321 g/mol. The zero-order valence-electron chi connectivity index (χ0n) is 12.0. The minimum atomic E-state index is -3.20. The average molecular weight is 322 g/mol. The van der Waals surface area contributed by atoms with Gasteiger partial charge in [0.25, 0.3) is 5.92 Å². The molecule has 1 amide bonds. The molecule has 0 spiro atoms. The molecule has 0 heterocycles. The van der Waals surface area contributed by atoms with Crippen molar-refractivity contribution >= 4 is 23.4 Å². The molecule has 0 aliphatic carbocycles. The summed E-state index contributed by atoms with van der Waals surface area (Å²) in [7, 11) is 0. The molecule has 0 aliphatic heterocycles. The number of aliphatic hydroxyl groups is 1. The quantitative estimate of drug-likeness (QED) is 0.875. The van der Waals surface area contributed by atoms with Gasteiger partial charge in [0.05, 0.1) is 10.7 Å². The lowest BCUT2D eigenvalue weighted by Gasteiger charge is -2.21. The van der Waals surface area contributed by atoms with Gasteiger partial charge in [-0.15, -0.1) is 0 Å². The van der Waals surface area contributed by atoms with E-state index in [0.29, 0.717) is 0 Å². The van der Waals surface area contributed by atoms with Crippen molar-refractivity contribution in [2.45, 2.75) is 38.7 Å². The highest BCUT2D eigenvalue weighted by molar-refractivity contribution is 6.33. The second-order valence-corrected chi connectivity index (χ2v) is 5.91. The van der Waals surface area contributed by atoms with Gasteiger partial charge in [0.1, 0.15) is 5.60 Å². The van der Waals surface area contributed by atoms with Gasteiger partial charge in [-0.2, -0.15) is 0 Å². The van der Waals surface area contributed by atoms with Gasteiger partial charge < -0.3 is 9.84 Å². The molecule has 0 unspecified atom stereocenters. The van der Waals surface area contributed by atoms with Crippen LogP contribution in [0.25, 0.3) is 0 Å². The molecule has 0 radical (unpaired) electrons. The van der Waals surface area contributed by atoms with Crippen LogP contribution in [0.5, 0.6) is 0 Å². The third-order valence-corrected chi connectivity index (χ3v) is 2.78. The van der Waals surface area contributed by atoms with E-state index in [1.54, 1.807) is 20.8 Å². The molecule has 21 heavy (non-hydrogen) atoms. The molecule has 0 fully saturated rings. The SMILES string of the molecule is CC(C)(C)OC(=O)Nc1cc(C(F)(F)CCO)ccc1Cl. The maximum absolute atomic E-state index is 13.7. The van der Waals surface area contributed by atoms with Crippen LogP contribution in [0.2, 0.25) is 5.02 Å². The summed E-state index contributed by atoms with van der Waals surface area (Å²) >= 11 is 5.87. The van der Waals surface area contributed by atoms with Crippen LogP contribution in [0, 0.1) is 0 Å². The molecule has 0 bridgehead atoms. The second-order valence-electron chi connectivity index (χ2n) is 5.50. The number of hydrogen-bond donors (Lipinski definition) is 2. The third kappa shape index (κ3) is 5.47. The molecule has 0 aromatic heterocycles. The number of amides is 1. The van der Waals surface area contributed by atoms with Crippen molar-refractivity contribution in [1.82, 2.24) is 0 Å². The van der Waals surface area contributed by atoms with Crippen molar-refractivity contribution in [2.75, 3.05) is 11.9 Å². The fraction of sp³-hybridized carbons (Fsp3) is 0.500. The molecular weight excluding hydrogens is 304 g/mol. The first-order valence-corrected chi connectivity index (χ1v) is 6.72. The molecule has 7 heteroatoms. The second kappa shape index (κ2) is 6.58. The fourth-order valence-electron chi connectivity index (χ4n) is 1.55. The zero-order chi connectivity index (χ0) is 16.3. The van der Waals surface area contributed by atoms with Crippen LogP contribution in [0.1, 0.15) is 32.8 Å². The number of carbonyl (C=O) groups excluding carboxylic acids is 1. The van der Waals surface area contributed by atoms with E-state index in [2.05, 4.69) is 5.32 Å². The molecule has 0 saturated carbocycles. The Balaban J connectivity index is 2.95. The van der Waals surface area contributed by atoms with Crippen molar-refractivity contribution in [3.05, 3.63) is 28.8 Å². The Kier molecular flexibility index (Phi) is 5.53. The minimum Gasteiger partial charge on any atom is -0.444 e. The molecular formula is C14H18ClF2NO3. The van der Waals surface area contributed by atoms with Crippen molar-refractivity contribution in [1.29, 1.82) is 0 Å². The van der Waals surface area contributed by atoms with E-state index >= 15 is 0 Å². The molecule has 1 rings (SSSR count). The number of carbonyl (C=O) groups is 1. The van der Waals surface area contributed by atoms with Crippen LogP contribution in [-0.4, -0.2) is 23.4 Å². The summed E-state index contributed by atoms with van der Waals surface area (Å²) in [4.78, 5) is 11.6. The normalized spacial score (nSPS) is 12.1. The van der Waals surface area contributed by atoms with Crippen molar-refractivity contribution in [2.24, 2.45) is 0 Å². The van der Waals surface area contributed by atoms with Crippen LogP contribution >= 0.6 is 11.6 Å². The van der Waals surface area contributed by atoms with Gasteiger partial charge in [-0.25, -0.2) is 13.6 Å². The number of nitrogens with one attached hydrogen (secondary N) is 1. The lowest BCUT2D eigenvalue weighted by Crippen LogP contribution is -2.27. The molecule has 2 N–H and O–H groups in total. The highest BCUT2D eigenvalue weighted by Gasteiger charge is 2.31. The van der Waals surface area contributed by atoms with Gasteiger partial charge >= 0.3 is 6.09 Å². The van der Waals surface area contributed by atoms with Crippen molar-refractivity contribution in [3.8, 4) is 0 Å². The Morgan fingerprint density at radius 1 is 1.38 bits per heavy atom. The number of alkyl halides is 2. The molecule has 1 aromatic carbocycles. The lowest BCUT2D eigenvalue weighted by molar-refractivity contribution is -0.0269. The van der Waals surface area contributed by atoms with E-state index < -0.39 is 30.6 Å². The first-order chi connectivity index (χ1) is 9.55. The Morgan fingerprint density at radius 2 is 2.00 bits per heavy atom. The first kappa shape index (κ1) is 17.7. The predicted molar refractivity (Wildman–Crippen MR) is 76.9 cm³/mol. The molecule has 0 aliphatic rings. The maximum atomic E-state index is 13.7. The summed E-state index contributed by atoms with van der Waals surface area (Å²) < 4.78 is 32.5. The topological polar surface area (TPSA) is 58.6 Å². The zero-order valence-corrected chi connectivity index (χ0v) is 12.8. The van der Waals surface area contributed by atoms with Gasteiger partial charge in [-0.1, -0.05) is 17.7 Å². The molecule has 4 nitrogen and oxygen atoms in total. The Labute approximate surface area is 127 Å². The van der Waals surface area contributed by atoms with Gasteiger partial charge in [0.15, 0.2) is 0 Å². The number of hydrogen-bond acceptors (Lipinski definition) is 3. The van der Waals surface area contributed by atoms with E-state index in [9.17, 15) is 13.6 Å². The van der Waals surface area contributed by atoms with Gasteiger partial charge in [-0.3, -0.25) is 5.32 Å². The van der Waals surface area contributed by atoms with Gasteiger partial charge in [0.2, 0.25) is 0 Å². The molecule has 1 aromatic rings. The van der Waals surface area contributed by atoms with Crippen molar-refractivity contribution < 1.29 is 23.4 Å². The fourth-order valence-corrected chi connectivity index (χ4v) is 1.71. The smallest absolute Gasteiger partial charge is 0.412 e. The largest absolute Gasteiger partial charge is 0.444 e. The van der Waals surface area contributed by atoms with E-state index in [-0.39, 0.29) is 16.3 Å². The van der Waals surface area contributed by atoms with E-state index in [0.717, 1.165) is 12.1 Å². The Bertz CT molecular complexity index is 515. The summed E-state index contributed by atoms with van der Waals surface area (Å²) in [5, 5.41) is 11.1. The first-order valence-electron chi connectivity index (χ1n) is 6.34. The van der Waals surface area contributed by atoms with Crippen LogP contribution < -0.4 is 5.32 Å². The third-order valence-electron chi connectivity index (χ3n) is 2.45. The van der Waals surface area contributed by atoms with Gasteiger partial charge in [0, 0.05) is 18.6 Å². The summed E-state index contributed by atoms with van der Waals surface area (Å²) in [6.45, 7) is 4.39. The Hall–Kier alpha value is -1.40. The number of benzene rings is 1. The molecule has 0 saturated heterocycles. The molecule has 0 atom stereocenters. The van der Waals surface area contributed by atoms with Crippen LogP contribution in [-0.2, 0) is 10.7 Å². The summed E-state index contributed by atoms with van der Waals surface area (Å²) in [6.07, 6.45) is -1.49. The van der Waals surface area contributed by atoms with Crippen LogP contribution in [0.4, 0.5) is 19.3 Å². The van der Waals surface area contributed by atoms with Crippen LogP contribution in [0.3, 0.4) is 0 Å². The lowest BCUT2D eigenvalue weighted by atomic mass is 10.1. The highest BCUT2D eigenvalue weighted by atomic mass is 35.5. The maximum Gasteiger partial charge on any atom is 0.412 e. The average Bonchev–Trinajstić information content (AvgIpc) is 2.29. The minimum absolute atomic E-state index is 0.0287. The number of ether oxygens (including phenoxy) is 1. The Morgan fingerprint density at radius 3 is 2.52 bits per heavy atom. The molecule has 118 valence electrons. The summed E-state index contributed by atoms with van der Waals surface area (Å²) in [6, 6.07) is 3.48. The summed E-state index contributed by atoms with van der Waals surface area (Å²) in [5.41, 5.74) is -1.03. The number of rotatable bonds is 4. The number of aliphatic hydroxyl groups excluding tert-OH is 1. The van der Waals surface area contributed by atoms with Crippen molar-refractivity contribution in [3.63, 3.8) is 0 Å². The number of halogens is 3.